The van der Waals surface area contributed by atoms with Gasteiger partial charge >= 0.3 is 44.8 Å². The summed E-state index contributed by atoms with van der Waals surface area (Å²) in [6, 6.07) is 63.3. The summed E-state index contributed by atoms with van der Waals surface area (Å²) in [7, 11) is -4.67. The summed E-state index contributed by atoms with van der Waals surface area (Å²) in [4.78, 5) is 0. The maximum atomic E-state index is 7.26. The largest absolute Gasteiger partial charge is 1.00 e. The Morgan fingerprint density at radius 3 is 1.23 bits per heavy atom. The second-order valence-corrected chi connectivity index (χ2v) is 30.8. The molecule has 6 heteroatoms. The standard InChI is InChI=1S/C26H28P2.2C16H13Si.2Au/c1-3-14-23(4-2)27(24-15-8-5-9-16-24)21-22-28(25-17-10-6-11-18-25)26-19-12-7-13-20-26;2*1-4-12-9-10-14-13-7-5-6-8-15(13)17(2,3)16(14)11-12;;/h3-20H,21-22H2,1-2H3;2*5-11H,2-3H3;;/q;2*-1;2*+1/p+2/b14-3-,23-4+;;;;. The molecule has 2 aliphatic heterocycles. The molecule has 0 bridgehead atoms. The maximum absolute atomic E-state index is 7.26. The summed E-state index contributed by atoms with van der Waals surface area (Å²) in [5.74, 6) is 4.99. The fraction of sp³-hybridized carbons (Fsp3) is 0.138. The van der Waals surface area contributed by atoms with Gasteiger partial charge in [-0.25, -0.2) is 0 Å². The molecular weight excluding hydrogens is 1210 g/mol. The summed E-state index contributed by atoms with van der Waals surface area (Å²) in [6.07, 6.45) is 23.9. The van der Waals surface area contributed by atoms with Crippen LogP contribution in [0.2, 0.25) is 26.2 Å². The van der Waals surface area contributed by atoms with Crippen molar-refractivity contribution in [2.75, 3.05) is 12.3 Å². The molecule has 7 aromatic carbocycles. The van der Waals surface area contributed by atoms with Gasteiger partial charge in [-0.05, 0) is 95.0 Å². The zero-order valence-corrected chi connectivity index (χ0v) is 45.8. The van der Waals surface area contributed by atoms with Gasteiger partial charge in [0.2, 0.25) is 0 Å². The van der Waals surface area contributed by atoms with Gasteiger partial charge in [-0.15, -0.1) is 35.4 Å². The second kappa shape index (κ2) is 23.4. The fourth-order valence-corrected chi connectivity index (χ4v) is 21.7. The molecule has 0 aliphatic carbocycles. The van der Waals surface area contributed by atoms with Crippen LogP contribution >= 0.6 is 15.8 Å². The Kier molecular flexibility index (Phi) is 18.6. The van der Waals surface area contributed by atoms with Crippen molar-refractivity contribution in [2.24, 2.45) is 0 Å². The Hall–Kier alpha value is -4.09. The van der Waals surface area contributed by atoms with Crippen molar-refractivity contribution in [1.29, 1.82) is 0 Å². The van der Waals surface area contributed by atoms with Gasteiger partial charge in [0.15, 0.2) is 0 Å². The van der Waals surface area contributed by atoms with Crippen LogP contribution < -0.4 is 36.7 Å². The van der Waals surface area contributed by atoms with Crippen LogP contribution in [0.4, 0.5) is 0 Å². The number of hydrogen-bond acceptors (Lipinski definition) is 0. The van der Waals surface area contributed by atoms with Gasteiger partial charge in [0.1, 0.15) is 28.5 Å². The van der Waals surface area contributed by atoms with Crippen molar-refractivity contribution < 1.29 is 44.8 Å². The molecule has 0 aromatic heterocycles. The zero-order chi connectivity index (χ0) is 43.7. The Morgan fingerprint density at radius 2 is 0.844 bits per heavy atom. The molecule has 0 saturated heterocycles. The molecule has 0 spiro atoms. The first kappa shape index (κ1) is 50.9. The molecule has 0 amide bonds. The van der Waals surface area contributed by atoms with Crippen LogP contribution in [0.25, 0.3) is 22.3 Å². The number of allylic oxidation sites excluding steroid dienone is 4. The van der Waals surface area contributed by atoms with Crippen LogP contribution in [0.1, 0.15) is 25.0 Å². The number of rotatable bonds is 8. The van der Waals surface area contributed by atoms with Gasteiger partial charge in [-0.3, -0.25) is 11.8 Å². The average Bonchev–Trinajstić information content (AvgIpc) is 3.69. The Labute approximate surface area is 419 Å². The molecule has 0 radical (unpaired) electrons. The van der Waals surface area contributed by atoms with Crippen molar-refractivity contribution in [3.8, 4) is 34.1 Å². The van der Waals surface area contributed by atoms with E-state index in [9.17, 15) is 0 Å². The fourth-order valence-electron chi connectivity index (χ4n) is 9.19. The topological polar surface area (TPSA) is 0 Å². The summed E-state index contributed by atoms with van der Waals surface area (Å²) in [6.45, 7) is 13.8. The summed E-state index contributed by atoms with van der Waals surface area (Å²) in [5.41, 5.74) is 7.26. The Bertz CT molecular complexity index is 2640. The maximum Gasteiger partial charge on any atom is 1.00 e. The average molecular weight is 1270 g/mol. The molecule has 64 heavy (non-hydrogen) atoms. The molecule has 0 N–H and O–H groups in total. The van der Waals surface area contributed by atoms with Crippen molar-refractivity contribution in [1.82, 2.24) is 0 Å². The minimum absolute atomic E-state index is 0. The van der Waals surface area contributed by atoms with Gasteiger partial charge in [-0.1, -0.05) is 158 Å². The van der Waals surface area contributed by atoms with E-state index in [-0.39, 0.29) is 44.8 Å². The predicted octanol–water partition coefficient (Wildman–Crippen LogP) is 10.7. The third-order valence-electron chi connectivity index (χ3n) is 12.5. The van der Waals surface area contributed by atoms with Crippen LogP contribution in [-0.2, 0) is 44.8 Å². The number of benzene rings is 7. The second-order valence-electron chi connectivity index (χ2n) is 16.9. The van der Waals surface area contributed by atoms with E-state index in [0.717, 1.165) is 11.1 Å². The van der Waals surface area contributed by atoms with Crippen molar-refractivity contribution >= 4 is 68.7 Å². The monoisotopic (exact) mass is 1260 g/mol. The molecular formula is C58H56Au2P2Si2+2. The normalized spacial score (nSPS) is 13.7. The number of hydrogen-bond donors (Lipinski definition) is 0. The minimum Gasteiger partial charge on any atom is -0.366 e. The van der Waals surface area contributed by atoms with E-state index in [2.05, 4.69) is 234 Å². The molecule has 7 aromatic rings. The molecule has 0 nitrogen and oxygen atoms in total. The van der Waals surface area contributed by atoms with E-state index < -0.39 is 32.0 Å². The van der Waals surface area contributed by atoms with Gasteiger partial charge in [0, 0.05) is 0 Å². The molecule has 0 saturated carbocycles. The third kappa shape index (κ3) is 11.1. The molecule has 2 heterocycles. The first-order chi connectivity index (χ1) is 30.1. The molecule has 2 aliphatic rings. The molecule has 9 rings (SSSR count). The Morgan fingerprint density at radius 1 is 0.469 bits per heavy atom. The summed E-state index contributed by atoms with van der Waals surface area (Å²) < 4.78 is 0. The first-order valence-corrected chi connectivity index (χ1v) is 31.0. The van der Waals surface area contributed by atoms with E-state index in [4.69, 9.17) is 12.8 Å². The van der Waals surface area contributed by atoms with Crippen LogP contribution in [0.15, 0.2) is 199 Å². The van der Waals surface area contributed by atoms with E-state index >= 15 is 0 Å². The summed E-state index contributed by atoms with van der Waals surface area (Å²) >= 11 is 0. The van der Waals surface area contributed by atoms with Gasteiger partial charge in [-0.2, -0.15) is 0 Å². The van der Waals surface area contributed by atoms with E-state index in [0.29, 0.717) is 0 Å². The predicted molar refractivity (Wildman–Crippen MR) is 283 cm³/mol. The van der Waals surface area contributed by atoms with Crippen LogP contribution in [-0.4, -0.2) is 28.5 Å². The molecule has 0 fully saturated rings. The first-order valence-electron chi connectivity index (χ1n) is 21.6. The SMILES string of the molecule is C/C=C\C(=C/C)[PH+](CC[PH+](c1ccccc1)c1ccccc1)c1ccccc1.[Au+].[Au+].[C-]#Cc1ccc2c(c1)[Si](C)(C)c1ccccc1-2.[C-]#Cc1ccc2c(c1)[Si](C)(C)c1ccccc1-2. The van der Waals surface area contributed by atoms with E-state index in [1.165, 1.54) is 76.6 Å². The number of fused-ring (bicyclic) bond motifs is 6. The van der Waals surface area contributed by atoms with Crippen LogP contribution in [0.3, 0.4) is 0 Å². The quantitative estimate of drug-likeness (QED) is 0.0468. The summed E-state index contributed by atoms with van der Waals surface area (Å²) in [5, 5.41) is 12.0. The van der Waals surface area contributed by atoms with E-state index in [1.54, 1.807) is 0 Å². The molecule has 1 unspecified atom stereocenters. The molecule has 326 valence electrons. The zero-order valence-electron chi connectivity index (χ0n) is 37.5. The van der Waals surface area contributed by atoms with Gasteiger partial charge in [0.25, 0.3) is 0 Å². The van der Waals surface area contributed by atoms with Crippen LogP contribution in [0.5, 0.6) is 0 Å². The van der Waals surface area contributed by atoms with Crippen molar-refractivity contribution in [3.63, 3.8) is 0 Å². The molecule has 1 atom stereocenters. The van der Waals surface area contributed by atoms with Crippen LogP contribution in [0, 0.1) is 24.7 Å². The van der Waals surface area contributed by atoms with E-state index in [1.807, 2.05) is 12.1 Å². The smallest absolute Gasteiger partial charge is 0.366 e. The van der Waals surface area contributed by atoms with Crippen molar-refractivity contribution in [3.05, 3.63) is 223 Å². The van der Waals surface area contributed by atoms with Gasteiger partial charge in [0.05, 0.1) is 37.1 Å². The third-order valence-corrected chi connectivity index (χ3v) is 25.8. The van der Waals surface area contributed by atoms with Crippen molar-refractivity contribution in [2.45, 2.75) is 40.0 Å². The minimum atomic E-state index is -1.55. The van der Waals surface area contributed by atoms with Gasteiger partial charge < -0.3 is 12.8 Å². The Balaban J connectivity index is 0.000000186.